The Bertz CT molecular complexity index is 741. The molecule has 2 aromatic heterocycles. The zero-order chi connectivity index (χ0) is 17.3. The fraction of sp³-hybridized carbons (Fsp3) is 0.500. The number of likely N-dealkylation sites (N-methyl/N-ethyl adjacent to an activating group) is 1. The fourth-order valence-corrected chi connectivity index (χ4v) is 3.77. The number of hydrogen-bond donors (Lipinski definition) is 1. The third kappa shape index (κ3) is 4.00. The topological polar surface area (TPSA) is 61.1 Å². The molecule has 3 heterocycles. The molecule has 3 rings (SSSR count). The highest BCUT2D eigenvalue weighted by molar-refractivity contribution is 6.36. The molecule has 0 atom stereocenters. The first kappa shape index (κ1) is 17.5. The standard InChI is InChI=1S/C16H20Cl2N4O2/c1-20(10-15(23)24)13-2-4-21(5-3-13)8-12-9-22-7-11(17)6-14(18)16(22)19-12/h6-7,9,13H,2-5,8,10H2,1H3,(H,23,24). The van der Waals surface area contributed by atoms with Crippen molar-refractivity contribution in [2.45, 2.75) is 25.4 Å². The van der Waals surface area contributed by atoms with Crippen molar-refractivity contribution in [1.82, 2.24) is 19.2 Å². The Kier molecular flexibility index (Phi) is 5.30. The molecule has 0 unspecified atom stereocenters. The molecule has 1 fully saturated rings. The summed E-state index contributed by atoms with van der Waals surface area (Å²) in [6.07, 6.45) is 5.68. The van der Waals surface area contributed by atoms with Crippen molar-refractivity contribution in [2.24, 2.45) is 0 Å². The summed E-state index contributed by atoms with van der Waals surface area (Å²) in [6.45, 7) is 2.70. The lowest BCUT2D eigenvalue weighted by Crippen LogP contribution is -2.44. The molecular formula is C16H20Cl2N4O2. The average Bonchev–Trinajstić information content (AvgIpc) is 2.90. The quantitative estimate of drug-likeness (QED) is 0.876. The van der Waals surface area contributed by atoms with Crippen LogP contribution in [0.25, 0.3) is 5.65 Å². The molecule has 1 aliphatic rings. The lowest BCUT2D eigenvalue weighted by molar-refractivity contribution is -0.138. The molecular weight excluding hydrogens is 351 g/mol. The van der Waals surface area contributed by atoms with Gasteiger partial charge in [-0.3, -0.25) is 14.6 Å². The van der Waals surface area contributed by atoms with Crippen LogP contribution in [0.3, 0.4) is 0 Å². The second-order valence-corrected chi connectivity index (χ2v) is 7.13. The first-order valence-corrected chi connectivity index (χ1v) is 8.65. The average molecular weight is 371 g/mol. The number of likely N-dealkylation sites (tertiary alicyclic amines) is 1. The fourth-order valence-electron chi connectivity index (χ4n) is 3.24. The molecule has 1 N–H and O–H groups in total. The van der Waals surface area contributed by atoms with Crippen molar-refractivity contribution < 1.29 is 9.90 Å². The van der Waals surface area contributed by atoms with Crippen LogP contribution in [0, 0.1) is 0 Å². The maximum Gasteiger partial charge on any atom is 0.317 e. The van der Waals surface area contributed by atoms with Gasteiger partial charge in [-0.15, -0.1) is 0 Å². The molecule has 0 aromatic carbocycles. The lowest BCUT2D eigenvalue weighted by Gasteiger charge is -2.35. The molecule has 130 valence electrons. The van der Waals surface area contributed by atoms with Crippen LogP contribution < -0.4 is 0 Å². The third-order valence-electron chi connectivity index (χ3n) is 4.47. The summed E-state index contributed by atoms with van der Waals surface area (Å²) in [5, 5.41) is 10.0. The minimum atomic E-state index is -0.778. The predicted octanol–water partition coefficient (Wildman–Crippen LogP) is 2.62. The van der Waals surface area contributed by atoms with Gasteiger partial charge in [0.2, 0.25) is 0 Å². The molecule has 0 amide bonds. The number of pyridine rings is 1. The van der Waals surface area contributed by atoms with Gasteiger partial charge >= 0.3 is 5.97 Å². The molecule has 6 nitrogen and oxygen atoms in total. The van der Waals surface area contributed by atoms with Crippen LogP contribution in [-0.4, -0.2) is 63.0 Å². The molecule has 24 heavy (non-hydrogen) atoms. The van der Waals surface area contributed by atoms with E-state index in [1.807, 2.05) is 22.5 Å². The molecule has 8 heteroatoms. The minimum absolute atomic E-state index is 0.0936. The van der Waals surface area contributed by atoms with Crippen LogP contribution >= 0.6 is 23.2 Å². The van der Waals surface area contributed by atoms with Crippen LogP contribution in [0.5, 0.6) is 0 Å². The Morgan fingerprint density at radius 3 is 2.75 bits per heavy atom. The van der Waals surface area contributed by atoms with Crippen molar-refractivity contribution in [3.8, 4) is 0 Å². The first-order valence-electron chi connectivity index (χ1n) is 7.89. The van der Waals surface area contributed by atoms with Gasteiger partial charge in [-0.2, -0.15) is 0 Å². The Hall–Kier alpha value is -1.34. The smallest absolute Gasteiger partial charge is 0.317 e. The summed E-state index contributed by atoms with van der Waals surface area (Å²) < 4.78 is 1.85. The van der Waals surface area contributed by atoms with Crippen LogP contribution in [0.2, 0.25) is 10.0 Å². The number of carbonyl (C=O) groups is 1. The molecule has 0 aliphatic carbocycles. The summed E-state index contributed by atoms with van der Waals surface area (Å²) >= 11 is 12.2. The summed E-state index contributed by atoms with van der Waals surface area (Å²) in [4.78, 5) is 19.7. The Labute approximate surface area is 150 Å². The maximum absolute atomic E-state index is 10.8. The monoisotopic (exact) mass is 370 g/mol. The summed E-state index contributed by atoms with van der Waals surface area (Å²) in [5.74, 6) is -0.778. The Balaban J connectivity index is 1.60. The second-order valence-electron chi connectivity index (χ2n) is 6.29. The number of halogens is 2. The van der Waals surface area contributed by atoms with Crippen molar-refractivity contribution in [2.75, 3.05) is 26.7 Å². The number of aliphatic carboxylic acids is 1. The van der Waals surface area contributed by atoms with E-state index < -0.39 is 5.97 Å². The summed E-state index contributed by atoms with van der Waals surface area (Å²) in [5.41, 5.74) is 1.67. The van der Waals surface area contributed by atoms with Crippen molar-refractivity contribution in [1.29, 1.82) is 0 Å². The number of aromatic nitrogens is 2. The molecule has 0 saturated carbocycles. The van der Waals surface area contributed by atoms with E-state index in [0.717, 1.165) is 38.2 Å². The highest BCUT2D eigenvalue weighted by Gasteiger charge is 2.24. The normalized spacial score (nSPS) is 17.0. The molecule has 1 aliphatic heterocycles. The largest absolute Gasteiger partial charge is 0.480 e. The number of carboxylic acid groups (broad SMARTS) is 1. The minimum Gasteiger partial charge on any atom is -0.480 e. The zero-order valence-electron chi connectivity index (χ0n) is 13.5. The molecule has 0 radical (unpaired) electrons. The Morgan fingerprint density at radius 1 is 1.38 bits per heavy atom. The highest BCUT2D eigenvalue weighted by Crippen LogP contribution is 2.23. The van der Waals surface area contributed by atoms with Gasteiger partial charge in [0.15, 0.2) is 5.65 Å². The third-order valence-corrected chi connectivity index (χ3v) is 4.96. The van der Waals surface area contributed by atoms with Crippen LogP contribution in [0.4, 0.5) is 0 Å². The second kappa shape index (κ2) is 7.27. The van der Waals surface area contributed by atoms with Gasteiger partial charge < -0.3 is 9.51 Å². The van der Waals surface area contributed by atoms with Gasteiger partial charge in [0.25, 0.3) is 0 Å². The van der Waals surface area contributed by atoms with E-state index in [0.29, 0.717) is 21.7 Å². The summed E-state index contributed by atoms with van der Waals surface area (Å²) in [7, 11) is 1.88. The van der Waals surface area contributed by atoms with E-state index in [4.69, 9.17) is 28.3 Å². The summed E-state index contributed by atoms with van der Waals surface area (Å²) in [6, 6.07) is 2.02. The van der Waals surface area contributed by atoms with E-state index in [9.17, 15) is 4.79 Å². The van der Waals surface area contributed by atoms with Crippen molar-refractivity contribution >= 4 is 34.8 Å². The first-order chi connectivity index (χ1) is 11.4. The van der Waals surface area contributed by atoms with Gasteiger partial charge in [0, 0.05) is 38.1 Å². The molecule has 0 bridgehead atoms. The number of carboxylic acids is 1. The lowest BCUT2D eigenvalue weighted by atomic mass is 10.0. The Morgan fingerprint density at radius 2 is 2.08 bits per heavy atom. The van der Waals surface area contributed by atoms with Crippen LogP contribution in [-0.2, 0) is 11.3 Å². The van der Waals surface area contributed by atoms with Crippen molar-refractivity contribution in [3.63, 3.8) is 0 Å². The van der Waals surface area contributed by atoms with E-state index in [-0.39, 0.29) is 6.54 Å². The molecule has 2 aromatic rings. The van der Waals surface area contributed by atoms with Gasteiger partial charge in [0.1, 0.15) is 0 Å². The van der Waals surface area contributed by atoms with Crippen LogP contribution in [0.15, 0.2) is 18.5 Å². The number of hydrogen-bond acceptors (Lipinski definition) is 4. The van der Waals surface area contributed by atoms with E-state index in [1.165, 1.54) is 0 Å². The number of rotatable bonds is 5. The van der Waals surface area contributed by atoms with Crippen LogP contribution in [0.1, 0.15) is 18.5 Å². The van der Waals surface area contributed by atoms with Gasteiger partial charge in [0.05, 0.1) is 22.3 Å². The van der Waals surface area contributed by atoms with Gasteiger partial charge in [-0.1, -0.05) is 23.2 Å². The van der Waals surface area contributed by atoms with Gasteiger partial charge in [-0.25, -0.2) is 4.98 Å². The van der Waals surface area contributed by atoms with E-state index >= 15 is 0 Å². The SMILES string of the molecule is CN(CC(=O)O)C1CCN(Cc2cn3cc(Cl)cc(Cl)c3n2)CC1. The van der Waals surface area contributed by atoms with Crippen molar-refractivity contribution in [3.05, 3.63) is 34.2 Å². The number of imidazole rings is 1. The predicted molar refractivity (Wildman–Crippen MR) is 93.8 cm³/mol. The number of fused-ring (bicyclic) bond motifs is 1. The van der Waals surface area contributed by atoms with E-state index in [1.54, 1.807) is 12.3 Å². The zero-order valence-corrected chi connectivity index (χ0v) is 15.0. The highest BCUT2D eigenvalue weighted by atomic mass is 35.5. The maximum atomic E-state index is 10.8. The number of nitrogens with zero attached hydrogens (tertiary/aromatic N) is 4. The molecule has 1 saturated heterocycles. The van der Waals surface area contributed by atoms with E-state index in [2.05, 4.69) is 9.88 Å². The molecule has 0 spiro atoms. The number of piperidine rings is 1. The van der Waals surface area contributed by atoms with Gasteiger partial charge in [-0.05, 0) is 26.0 Å².